The Morgan fingerprint density at radius 3 is 1.04 bits per heavy atom. The van der Waals surface area contributed by atoms with Gasteiger partial charge in [0.1, 0.15) is 11.5 Å². The van der Waals surface area contributed by atoms with E-state index in [0.29, 0.717) is 23.3 Å². The molecule has 0 spiro atoms. The van der Waals surface area contributed by atoms with Crippen LogP contribution in [0.25, 0.3) is 54.9 Å². The lowest BCUT2D eigenvalue weighted by Crippen LogP contribution is -2.06. The van der Waals surface area contributed by atoms with E-state index in [2.05, 4.69) is 156 Å². The molecule has 1 aliphatic heterocycles. The van der Waals surface area contributed by atoms with Crippen molar-refractivity contribution in [3.63, 3.8) is 0 Å². The maximum Gasteiger partial charge on any atom is 0.584 e. The van der Waals surface area contributed by atoms with Crippen molar-refractivity contribution in [2.45, 2.75) is 119 Å². The van der Waals surface area contributed by atoms with Crippen LogP contribution in [0.4, 0.5) is 0 Å². The zero-order valence-corrected chi connectivity index (χ0v) is 35.6. The van der Waals surface area contributed by atoms with E-state index in [1.54, 1.807) is 0 Å². The molecular formula is C50H57O4P. The van der Waals surface area contributed by atoms with E-state index in [1.807, 2.05) is 12.1 Å². The summed E-state index contributed by atoms with van der Waals surface area (Å²) in [5, 5.41) is 3.93. The molecule has 0 saturated carbocycles. The van der Waals surface area contributed by atoms with E-state index < -0.39 is 7.82 Å². The van der Waals surface area contributed by atoms with Gasteiger partial charge in [-0.05, 0) is 114 Å². The maximum atomic E-state index is 14.7. The number of hydrogen-bond acceptors (Lipinski definition) is 3. The second-order valence-electron chi connectivity index (χ2n) is 17.4. The van der Waals surface area contributed by atoms with Crippen molar-refractivity contribution in [2.75, 3.05) is 0 Å². The molecule has 1 heterocycles. The fourth-order valence-electron chi connectivity index (χ4n) is 8.50. The Morgan fingerprint density at radius 1 is 0.436 bits per heavy atom. The molecule has 0 amide bonds. The molecule has 4 nitrogen and oxygen atoms in total. The van der Waals surface area contributed by atoms with Crippen LogP contribution < -0.4 is 9.05 Å². The minimum Gasteiger partial charge on any atom is -0.394 e. The number of benzene rings is 6. The van der Waals surface area contributed by atoms with Crippen LogP contribution in [0.3, 0.4) is 0 Å². The molecular weight excluding hydrogens is 696 g/mol. The van der Waals surface area contributed by atoms with Gasteiger partial charge in [0.05, 0.1) is 0 Å². The molecule has 5 heteroatoms. The molecule has 0 atom stereocenters. The van der Waals surface area contributed by atoms with Gasteiger partial charge < -0.3 is 9.05 Å². The first-order valence-electron chi connectivity index (χ1n) is 20.2. The highest BCUT2D eigenvalue weighted by atomic mass is 31.2. The normalized spacial score (nSPS) is 13.9. The minimum atomic E-state index is -4.75. The lowest BCUT2D eigenvalue weighted by atomic mass is 9.78. The Bertz CT molecular complexity index is 2270. The first-order chi connectivity index (χ1) is 26.0. The minimum absolute atomic E-state index is 0.189. The average molecular weight is 753 g/mol. The molecule has 0 radical (unpaired) electrons. The predicted molar refractivity (Wildman–Crippen MR) is 233 cm³/mol. The van der Waals surface area contributed by atoms with Crippen molar-refractivity contribution in [1.29, 1.82) is 0 Å². The Morgan fingerprint density at radius 2 is 0.745 bits per heavy atom. The SMILES string of the molecule is CC(C)c1cc(C(C)C)c(-c2cc3ccccc3c3c2OP(=O)(O)Oc2c(-c4c(C(C)C)cc(C(C)C)cc4C(C)C)cc4ccccc4c2-3)c(C(C)C)c1. The van der Waals surface area contributed by atoms with Crippen LogP contribution in [-0.2, 0) is 4.57 Å². The van der Waals surface area contributed by atoms with Gasteiger partial charge in [-0.15, -0.1) is 0 Å². The zero-order valence-electron chi connectivity index (χ0n) is 34.7. The number of phosphoric acid groups is 1. The van der Waals surface area contributed by atoms with Crippen molar-refractivity contribution in [3.8, 4) is 44.9 Å². The highest BCUT2D eigenvalue weighted by Crippen LogP contribution is 2.63. The highest BCUT2D eigenvalue weighted by molar-refractivity contribution is 7.48. The third-order valence-corrected chi connectivity index (χ3v) is 12.3. The molecule has 0 bridgehead atoms. The molecule has 0 aromatic heterocycles. The van der Waals surface area contributed by atoms with Gasteiger partial charge in [-0.25, -0.2) is 4.57 Å². The van der Waals surface area contributed by atoms with Crippen LogP contribution in [0.2, 0.25) is 0 Å². The summed E-state index contributed by atoms with van der Waals surface area (Å²) in [6.07, 6.45) is 0. The molecule has 0 fully saturated rings. The fraction of sp³-hybridized carbons (Fsp3) is 0.360. The summed E-state index contributed by atoms with van der Waals surface area (Å²) in [4.78, 5) is 12.0. The summed E-state index contributed by atoms with van der Waals surface area (Å²) in [6, 6.07) is 30.3. The fourth-order valence-corrected chi connectivity index (χ4v) is 9.38. The second kappa shape index (κ2) is 14.6. The molecule has 1 N–H and O–H groups in total. The van der Waals surface area contributed by atoms with Crippen molar-refractivity contribution < 1.29 is 18.5 Å². The van der Waals surface area contributed by atoms with Crippen molar-refractivity contribution >= 4 is 29.4 Å². The molecule has 6 aromatic carbocycles. The quantitative estimate of drug-likeness (QED) is 0.157. The van der Waals surface area contributed by atoms with Gasteiger partial charge in [-0.1, -0.05) is 156 Å². The predicted octanol–water partition coefficient (Wildman–Crippen LogP) is 15.6. The van der Waals surface area contributed by atoms with Crippen LogP contribution in [-0.4, -0.2) is 4.89 Å². The number of fused-ring (bicyclic) bond motifs is 7. The van der Waals surface area contributed by atoms with Crippen LogP contribution in [0, 0.1) is 0 Å². The molecule has 55 heavy (non-hydrogen) atoms. The summed E-state index contributed by atoms with van der Waals surface area (Å²) >= 11 is 0. The zero-order chi connectivity index (χ0) is 39.7. The van der Waals surface area contributed by atoms with Gasteiger partial charge in [0.15, 0.2) is 0 Å². The van der Waals surface area contributed by atoms with Gasteiger partial charge >= 0.3 is 7.82 Å². The van der Waals surface area contributed by atoms with E-state index in [0.717, 1.165) is 54.9 Å². The van der Waals surface area contributed by atoms with E-state index in [4.69, 9.17) is 9.05 Å². The smallest absolute Gasteiger partial charge is 0.394 e. The first kappa shape index (κ1) is 38.9. The van der Waals surface area contributed by atoms with Gasteiger partial charge in [0.2, 0.25) is 0 Å². The summed E-state index contributed by atoms with van der Waals surface area (Å²) < 4.78 is 27.7. The maximum absolute atomic E-state index is 14.7. The van der Waals surface area contributed by atoms with Crippen LogP contribution in [0.1, 0.15) is 152 Å². The third-order valence-electron chi connectivity index (χ3n) is 11.5. The molecule has 0 aliphatic carbocycles. The topological polar surface area (TPSA) is 55.8 Å². The van der Waals surface area contributed by atoms with Crippen LogP contribution >= 0.6 is 7.82 Å². The Hall–Kier alpha value is -4.37. The lowest BCUT2D eigenvalue weighted by molar-refractivity contribution is 0.295. The van der Waals surface area contributed by atoms with E-state index in [1.165, 1.54) is 33.4 Å². The second-order valence-corrected chi connectivity index (χ2v) is 18.7. The third kappa shape index (κ3) is 6.91. The number of rotatable bonds is 8. The molecule has 7 rings (SSSR count). The molecule has 286 valence electrons. The van der Waals surface area contributed by atoms with Crippen molar-refractivity contribution in [1.82, 2.24) is 0 Å². The van der Waals surface area contributed by atoms with Gasteiger partial charge in [0, 0.05) is 22.3 Å². The van der Waals surface area contributed by atoms with Crippen LogP contribution in [0.15, 0.2) is 84.9 Å². The van der Waals surface area contributed by atoms with E-state index in [9.17, 15) is 9.46 Å². The average Bonchev–Trinajstić information content (AvgIpc) is 3.26. The highest BCUT2D eigenvalue weighted by Gasteiger charge is 2.39. The molecule has 0 unspecified atom stereocenters. The summed E-state index contributed by atoms with van der Waals surface area (Å²) in [6.45, 7) is 26.8. The summed E-state index contributed by atoms with van der Waals surface area (Å²) in [5.41, 5.74) is 12.7. The number of phosphoric ester groups is 1. The number of hydrogen-bond donors (Lipinski definition) is 1. The Labute approximate surface area is 328 Å². The monoisotopic (exact) mass is 752 g/mol. The lowest BCUT2D eigenvalue weighted by Gasteiger charge is -2.26. The molecule has 1 aliphatic rings. The van der Waals surface area contributed by atoms with Crippen molar-refractivity contribution in [2.24, 2.45) is 0 Å². The summed E-state index contributed by atoms with van der Waals surface area (Å²) in [5.74, 6) is 2.21. The van der Waals surface area contributed by atoms with E-state index >= 15 is 0 Å². The van der Waals surface area contributed by atoms with Gasteiger partial charge in [-0.3, -0.25) is 4.89 Å². The van der Waals surface area contributed by atoms with Crippen molar-refractivity contribution in [3.05, 3.63) is 118 Å². The largest absolute Gasteiger partial charge is 0.584 e. The molecule has 6 aromatic rings. The summed E-state index contributed by atoms with van der Waals surface area (Å²) in [7, 11) is -4.75. The standard InChI is InChI=1S/C50H57O4P/c1-27(2)35-23-39(29(5)6)45(40(24-35)30(7)8)43-21-33-17-13-15-19-37(33)47-48-38-20-16-14-18-34(38)22-44(50(48)54-55(51,52)53-49(43)47)46-41(31(9)10)25-36(28(3)4)26-42(46)32(11)12/h13-32H,1-12H3,(H,51,52). The Kier molecular flexibility index (Phi) is 10.3. The van der Waals surface area contributed by atoms with E-state index in [-0.39, 0.29) is 23.7 Å². The van der Waals surface area contributed by atoms with Gasteiger partial charge in [0.25, 0.3) is 0 Å². The first-order valence-corrected chi connectivity index (χ1v) is 21.7. The van der Waals surface area contributed by atoms with Crippen LogP contribution in [0.5, 0.6) is 11.5 Å². The molecule has 0 saturated heterocycles. The Balaban J connectivity index is 1.73. The van der Waals surface area contributed by atoms with Gasteiger partial charge in [-0.2, -0.15) is 0 Å².